The number of aliphatic carboxylic acids is 1. The second kappa shape index (κ2) is 8.78. The molecule has 1 aromatic carbocycles. The summed E-state index contributed by atoms with van der Waals surface area (Å²) < 4.78 is 0. The smallest absolute Gasteiger partial charge is 0.320 e. The number of hydrogen-bond acceptors (Lipinski definition) is 3. The van der Waals surface area contributed by atoms with Crippen molar-refractivity contribution in [2.24, 2.45) is 5.92 Å². The molecule has 3 nitrogen and oxygen atoms in total. The molecule has 0 fully saturated rings. The number of rotatable bonds is 8. The van der Waals surface area contributed by atoms with Crippen LogP contribution in [0.1, 0.15) is 20.3 Å². The molecule has 0 saturated carbocycles. The molecule has 0 radical (unpaired) electrons. The van der Waals surface area contributed by atoms with Crippen molar-refractivity contribution in [2.45, 2.75) is 31.2 Å². The summed E-state index contributed by atoms with van der Waals surface area (Å²) >= 11 is 13.5. The number of benzene rings is 1. The highest BCUT2D eigenvalue weighted by Crippen LogP contribution is 2.29. The number of nitrogens with one attached hydrogen (secondary N) is 1. The van der Waals surface area contributed by atoms with Crippen molar-refractivity contribution in [1.82, 2.24) is 5.32 Å². The van der Waals surface area contributed by atoms with Gasteiger partial charge in [-0.3, -0.25) is 4.79 Å². The maximum atomic E-state index is 11.1. The lowest BCUT2D eigenvalue weighted by molar-refractivity contribution is -0.139. The molecule has 0 spiro atoms. The minimum absolute atomic E-state index is 0.346. The third kappa shape index (κ3) is 6.35. The topological polar surface area (TPSA) is 49.3 Å². The predicted molar refractivity (Wildman–Crippen MR) is 86.1 cm³/mol. The molecule has 1 unspecified atom stereocenters. The minimum Gasteiger partial charge on any atom is -0.480 e. The van der Waals surface area contributed by atoms with E-state index in [1.54, 1.807) is 23.9 Å². The standard InChI is InChI=1S/C14H19Cl2NO2S/c1-9(2)7-12(14(18)19)17-5-6-20-13-8-10(15)3-4-11(13)16/h3-4,8-9,12,17H,5-7H2,1-2H3,(H,18,19). The number of carbonyl (C=O) groups is 1. The van der Waals surface area contributed by atoms with Crippen molar-refractivity contribution in [3.05, 3.63) is 28.2 Å². The fourth-order valence-corrected chi connectivity index (χ4v) is 3.10. The third-order valence-electron chi connectivity index (χ3n) is 2.65. The van der Waals surface area contributed by atoms with Crippen LogP contribution in [0.5, 0.6) is 0 Å². The van der Waals surface area contributed by atoms with Gasteiger partial charge >= 0.3 is 5.97 Å². The molecule has 1 aromatic rings. The zero-order chi connectivity index (χ0) is 15.1. The fraction of sp³-hybridized carbons (Fsp3) is 0.500. The van der Waals surface area contributed by atoms with Gasteiger partial charge in [0.2, 0.25) is 0 Å². The second-order valence-corrected chi connectivity index (χ2v) is 6.88. The van der Waals surface area contributed by atoms with E-state index >= 15 is 0 Å². The molecule has 0 bridgehead atoms. The van der Waals surface area contributed by atoms with Gasteiger partial charge in [0.25, 0.3) is 0 Å². The highest BCUT2D eigenvalue weighted by Gasteiger charge is 2.17. The molecule has 0 amide bonds. The molecular formula is C14H19Cl2NO2S. The highest BCUT2D eigenvalue weighted by molar-refractivity contribution is 7.99. The van der Waals surface area contributed by atoms with E-state index in [0.717, 1.165) is 10.6 Å². The average molecular weight is 336 g/mol. The van der Waals surface area contributed by atoms with E-state index in [2.05, 4.69) is 5.32 Å². The van der Waals surface area contributed by atoms with Gasteiger partial charge in [-0.25, -0.2) is 0 Å². The van der Waals surface area contributed by atoms with Crippen LogP contribution in [0.2, 0.25) is 10.0 Å². The monoisotopic (exact) mass is 335 g/mol. The summed E-state index contributed by atoms with van der Waals surface area (Å²) in [6.07, 6.45) is 0.623. The molecule has 1 atom stereocenters. The summed E-state index contributed by atoms with van der Waals surface area (Å²) in [5.74, 6) is 0.283. The van der Waals surface area contributed by atoms with Gasteiger partial charge in [0.05, 0.1) is 5.02 Å². The second-order valence-electron chi connectivity index (χ2n) is 4.90. The van der Waals surface area contributed by atoms with Gasteiger partial charge < -0.3 is 10.4 Å². The summed E-state index contributed by atoms with van der Waals surface area (Å²) in [6.45, 7) is 4.63. The van der Waals surface area contributed by atoms with Gasteiger partial charge in [0, 0.05) is 22.2 Å². The lowest BCUT2D eigenvalue weighted by Crippen LogP contribution is -2.38. The molecule has 0 aliphatic rings. The summed E-state index contributed by atoms with van der Waals surface area (Å²) in [5, 5.41) is 13.5. The van der Waals surface area contributed by atoms with Gasteiger partial charge in [0.15, 0.2) is 0 Å². The van der Waals surface area contributed by atoms with Crippen LogP contribution in [0, 0.1) is 5.92 Å². The van der Waals surface area contributed by atoms with E-state index in [-0.39, 0.29) is 0 Å². The Labute approximate surface area is 134 Å². The fourth-order valence-electron chi connectivity index (χ4n) is 1.72. The van der Waals surface area contributed by atoms with Crippen molar-refractivity contribution >= 4 is 40.9 Å². The Balaban J connectivity index is 2.40. The van der Waals surface area contributed by atoms with Crippen molar-refractivity contribution < 1.29 is 9.90 Å². The summed E-state index contributed by atoms with van der Waals surface area (Å²) in [4.78, 5) is 12.0. The average Bonchev–Trinajstić information content (AvgIpc) is 2.36. The van der Waals surface area contributed by atoms with Crippen molar-refractivity contribution in [2.75, 3.05) is 12.3 Å². The molecule has 0 aromatic heterocycles. The van der Waals surface area contributed by atoms with Gasteiger partial charge in [-0.2, -0.15) is 0 Å². The van der Waals surface area contributed by atoms with Crippen LogP contribution >= 0.6 is 35.0 Å². The Morgan fingerprint density at radius 1 is 1.40 bits per heavy atom. The van der Waals surface area contributed by atoms with Crippen LogP contribution in [0.4, 0.5) is 0 Å². The first-order valence-electron chi connectivity index (χ1n) is 6.44. The number of halogens is 2. The van der Waals surface area contributed by atoms with Gasteiger partial charge in [-0.1, -0.05) is 37.0 Å². The normalized spacial score (nSPS) is 12.7. The maximum absolute atomic E-state index is 11.1. The Kier molecular flexibility index (Phi) is 7.74. The first-order chi connectivity index (χ1) is 9.40. The van der Waals surface area contributed by atoms with Crippen LogP contribution in [-0.4, -0.2) is 29.4 Å². The first kappa shape index (κ1) is 17.6. The van der Waals surface area contributed by atoms with Crippen molar-refractivity contribution in [3.63, 3.8) is 0 Å². The molecule has 0 aliphatic heterocycles. The van der Waals surface area contributed by atoms with E-state index in [1.165, 1.54) is 0 Å². The van der Waals surface area contributed by atoms with E-state index in [9.17, 15) is 4.79 Å². The van der Waals surface area contributed by atoms with Crippen LogP contribution < -0.4 is 5.32 Å². The van der Waals surface area contributed by atoms with Gasteiger partial charge in [0.1, 0.15) is 6.04 Å². The molecule has 2 N–H and O–H groups in total. The zero-order valence-electron chi connectivity index (χ0n) is 11.5. The molecule has 1 rings (SSSR count). The van der Waals surface area contributed by atoms with Crippen LogP contribution in [0.25, 0.3) is 0 Å². The van der Waals surface area contributed by atoms with Gasteiger partial charge in [-0.15, -0.1) is 11.8 Å². The van der Waals surface area contributed by atoms with Crippen LogP contribution in [-0.2, 0) is 4.79 Å². The largest absolute Gasteiger partial charge is 0.480 e. The number of carboxylic acid groups (broad SMARTS) is 1. The van der Waals surface area contributed by atoms with E-state index < -0.39 is 12.0 Å². The Hall–Kier alpha value is -0.420. The number of carboxylic acids is 1. The quantitative estimate of drug-likeness (QED) is 0.552. The maximum Gasteiger partial charge on any atom is 0.320 e. The molecule has 0 saturated heterocycles. The Morgan fingerprint density at radius 2 is 2.10 bits per heavy atom. The number of thioether (sulfide) groups is 1. The minimum atomic E-state index is -0.801. The highest BCUT2D eigenvalue weighted by atomic mass is 35.5. The molecular weight excluding hydrogens is 317 g/mol. The van der Waals surface area contributed by atoms with E-state index in [0.29, 0.717) is 28.9 Å². The lowest BCUT2D eigenvalue weighted by Gasteiger charge is -2.16. The van der Waals surface area contributed by atoms with Crippen LogP contribution in [0.3, 0.4) is 0 Å². The summed E-state index contributed by atoms with van der Waals surface area (Å²) in [5.41, 5.74) is 0. The number of hydrogen-bond donors (Lipinski definition) is 2. The third-order valence-corrected chi connectivity index (χ3v) is 4.38. The van der Waals surface area contributed by atoms with Crippen molar-refractivity contribution in [3.8, 4) is 0 Å². The molecule has 20 heavy (non-hydrogen) atoms. The zero-order valence-corrected chi connectivity index (χ0v) is 13.9. The van der Waals surface area contributed by atoms with E-state index in [4.69, 9.17) is 28.3 Å². The molecule has 112 valence electrons. The van der Waals surface area contributed by atoms with E-state index in [1.807, 2.05) is 19.9 Å². The molecule has 6 heteroatoms. The predicted octanol–water partition coefficient (Wildman–Crippen LogP) is 4.17. The Bertz CT molecular complexity index is 455. The first-order valence-corrected chi connectivity index (χ1v) is 8.18. The lowest BCUT2D eigenvalue weighted by atomic mass is 10.0. The SMILES string of the molecule is CC(C)CC(NCCSc1cc(Cl)ccc1Cl)C(=O)O. The summed E-state index contributed by atoms with van der Waals surface area (Å²) in [7, 11) is 0. The summed E-state index contributed by atoms with van der Waals surface area (Å²) in [6, 6.07) is 4.83. The van der Waals surface area contributed by atoms with Gasteiger partial charge in [-0.05, 0) is 30.5 Å². The Morgan fingerprint density at radius 3 is 2.70 bits per heavy atom. The molecule has 0 aliphatic carbocycles. The van der Waals surface area contributed by atoms with Crippen molar-refractivity contribution in [1.29, 1.82) is 0 Å². The molecule has 0 heterocycles. The van der Waals surface area contributed by atoms with Crippen LogP contribution in [0.15, 0.2) is 23.1 Å².